The number of benzene rings is 1. The Morgan fingerprint density at radius 1 is 1.14 bits per heavy atom. The van der Waals surface area contributed by atoms with E-state index in [2.05, 4.69) is 11.5 Å². The van der Waals surface area contributed by atoms with E-state index in [1.165, 1.54) is 0 Å². The average molecular weight is 420 g/mol. The van der Waals surface area contributed by atoms with Gasteiger partial charge in [0.05, 0.1) is 12.0 Å². The smallest absolute Gasteiger partial charge is 0.243 e. The van der Waals surface area contributed by atoms with Crippen LogP contribution in [0.15, 0.2) is 35.4 Å². The predicted molar refractivity (Wildman–Crippen MR) is 110 cm³/mol. The van der Waals surface area contributed by atoms with E-state index in [0.29, 0.717) is 24.8 Å². The summed E-state index contributed by atoms with van der Waals surface area (Å²) in [5, 5.41) is 0. The van der Waals surface area contributed by atoms with Gasteiger partial charge in [0.25, 0.3) is 0 Å². The van der Waals surface area contributed by atoms with E-state index in [1.54, 1.807) is 35.7 Å². The first-order valence-corrected chi connectivity index (χ1v) is 11.7. The fourth-order valence-corrected chi connectivity index (χ4v) is 5.95. The Kier molecular flexibility index (Phi) is 5.94. The number of aromatic nitrogens is 2. The van der Waals surface area contributed by atoms with Crippen molar-refractivity contribution >= 4 is 10.0 Å². The maximum Gasteiger partial charge on any atom is 0.243 e. The number of piperidine rings is 1. The number of imidazole rings is 1. The number of nitrogens with zero attached hydrogens (tertiary/aromatic N) is 3. The molecule has 0 bridgehead atoms. The summed E-state index contributed by atoms with van der Waals surface area (Å²) in [5.74, 6) is 2.12. The molecule has 2 aliphatic heterocycles. The molecule has 0 unspecified atom stereocenters. The van der Waals surface area contributed by atoms with E-state index in [1.807, 2.05) is 6.20 Å². The standard InChI is InChI=1S/C21H29N3O4S/c1-16-15-22-21(17-8-12-28-13-9-17)24(16)18-6-10-23(11-7-18)29(25,26)20-5-3-4-19(14-20)27-2/h3-5,14-15,17-18H,6-13H2,1-2H3. The summed E-state index contributed by atoms with van der Waals surface area (Å²) in [4.78, 5) is 5.00. The molecule has 8 heteroatoms. The Hall–Kier alpha value is -1.90. The zero-order valence-electron chi connectivity index (χ0n) is 17.1. The van der Waals surface area contributed by atoms with Gasteiger partial charge in [-0.25, -0.2) is 13.4 Å². The van der Waals surface area contributed by atoms with Crippen molar-refractivity contribution in [3.05, 3.63) is 42.0 Å². The second-order valence-electron chi connectivity index (χ2n) is 7.83. The van der Waals surface area contributed by atoms with E-state index in [4.69, 9.17) is 14.5 Å². The van der Waals surface area contributed by atoms with E-state index in [-0.39, 0.29) is 10.9 Å². The molecule has 0 aliphatic carbocycles. The number of hydrogen-bond acceptors (Lipinski definition) is 5. The third-order valence-electron chi connectivity index (χ3n) is 6.06. The van der Waals surface area contributed by atoms with Crippen LogP contribution in [0.4, 0.5) is 0 Å². The molecular weight excluding hydrogens is 390 g/mol. The quantitative estimate of drug-likeness (QED) is 0.744. The molecule has 7 nitrogen and oxygen atoms in total. The molecule has 2 saturated heterocycles. The molecule has 0 saturated carbocycles. The van der Waals surface area contributed by atoms with Gasteiger partial charge in [0.15, 0.2) is 0 Å². The molecular formula is C21H29N3O4S. The maximum absolute atomic E-state index is 13.1. The van der Waals surface area contributed by atoms with Crippen LogP contribution in [0.25, 0.3) is 0 Å². The van der Waals surface area contributed by atoms with Crippen LogP contribution in [0, 0.1) is 6.92 Å². The highest BCUT2D eigenvalue weighted by atomic mass is 32.2. The molecule has 0 spiro atoms. The van der Waals surface area contributed by atoms with Gasteiger partial charge in [-0.15, -0.1) is 0 Å². The first-order valence-electron chi connectivity index (χ1n) is 10.3. The number of aryl methyl sites for hydroxylation is 1. The average Bonchev–Trinajstić information content (AvgIpc) is 3.16. The molecule has 2 aliphatic rings. The molecule has 1 aromatic carbocycles. The van der Waals surface area contributed by atoms with Gasteiger partial charge >= 0.3 is 0 Å². The molecule has 0 N–H and O–H groups in total. The molecule has 0 atom stereocenters. The van der Waals surface area contributed by atoms with E-state index >= 15 is 0 Å². The van der Waals surface area contributed by atoms with E-state index in [0.717, 1.165) is 50.4 Å². The molecule has 3 heterocycles. The monoisotopic (exact) mass is 419 g/mol. The van der Waals surface area contributed by atoms with Crippen LogP contribution in [-0.4, -0.2) is 55.7 Å². The van der Waals surface area contributed by atoms with Gasteiger partial charge in [-0.1, -0.05) is 6.07 Å². The van der Waals surface area contributed by atoms with Crippen LogP contribution >= 0.6 is 0 Å². The highest BCUT2D eigenvalue weighted by Gasteiger charge is 2.32. The number of ether oxygens (including phenoxy) is 2. The lowest BCUT2D eigenvalue weighted by molar-refractivity contribution is 0.0820. The van der Waals surface area contributed by atoms with Gasteiger partial charge in [0.2, 0.25) is 10.0 Å². The summed E-state index contributed by atoms with van der Waals surface area (Å²) in [6.07, 6.45) is 5.52. The van der Waals surface area contributed by atoms with E-state index < -0.39 is 10.0 Å². The lowest BCUT2D eigenvalue weighted by Crippen LogP contribution is -2.39. The Morgan fingerprint density at radius 3 is 2.55 bits per heavy atom. The van der Waals surface area contributed by atoms with Gasteiger partial charge in [0.1, 0.15) is 11.6 Å². The third-order valence-corrected chi connectivity index (χ3v) is 7.96. The van der Waals surface area contributed by atoms with Crippen molar-refractivity contribution in [2.45, 2.75) is 49.5 Å². The molecule has 0 amide bonds. The van der Waals surface area contributed by atoms with Crippen molar-refractivity contribution in [3.8, 4) is 5.75 Å². The summed E-state index contributed by atoms with van der Waals surface area (Å²) in [6, 6.07) is 6.98. The van der Waals surface area contributed by atoms with Crippen molar-refractivity contribution in [2.24, 2.45) is 0 Å². The van der Waals surface area contributed by atoms with Gasteiger partial charge in [-0.3, -0.25) is 0 Å². The lowest BCUT2D eigenvalue weighted by Gasteiger charge is -2.34. The van der Waals surface area contributed by atoms with E-state index in [9.17, 15) is 8.42 Å². The molecule has 2 fully saturated rings. The second-order valence-corrected chi connectivity index (χ2v) is 9.77. The lowest BCUT2D eigenvalue weighted by atomic mass is 9.98. The minimum atomic E-state index is -3.52. The number of sulfonamides is 1. The molecule has 29 heavy (non-hydrogen) atoms. The largest absolute Gasteiger partial charge is 0.497 e. The summed E-state index contributed by atoms with van der Waals surface area (Å²) < 4.78 is 40.8. The zero-order valence-corrected chi connectivity index (χ0v) is 17.9. The van der Waals surface area contributed by atoms with Gasteiger partial charge in [-0.05, 0) is 44.7 Å². The molecule has 1 aromatic heterocycles. The topological polar surface area (TPSA) is 73.7 Å². The fraction of sp³-hybridized carbons (Fsp3) is 0.571. The molecule has 4 rings (SSSR count). The normalized spacial score (nSPS) is 20.1. The number of hydrogen-bond donors (Lipinski definition) is 0. The van der Waals surface area contributed by atoms with Crippen molar-refractivity contribution in [1.82, 2.24) is 13.9 Å². The van der Waals surface area contributed by atoms with Crippen LogP contribution in [0.3, 0.4) is 0 Å². The Bertz CT molecular complexity index is 943. The van der Waals surface area contributed by atoms with Crippen molar-refractivity contribution in [2.75, 3.05) is 33.4 Å². The van der Waals surface area contributed by atoms with Gasteiger partial charge < -0.3 is 14.0 Å². The third kappa shape index (κ3) is 4.06. The summed E-state index contributed by atoms with van der Waals surface area (Å²) in [7, 11) is -1.97. The van der Waals surface area contributed by atoms with Crippen LogP contribution < -0.4 is 4.74 Å². The Balaban J connectivity index is 1.49. The minimum Gasteiger partial charge on any atom is -0.497 e. The van der Waals surface area contributed by atoms with Crippen molar-refractivity contribution < 1.29 is 17.9 Å². The first kappa shape index (κ1) is 20.4. The summed E-state index contributed by atoms with van der Waals surface area (Å²) in [6.45, 7) is 4.68. The molecule has 158 valence electrons. The summed E-state index contributed by atoms with van der Waals surface area (Å²) >= 11 is 0. The van der Waals surface area contributed by atoms with Crippen molar-refractivity contribution in [1.29, 1.82) is 0 Å². The predicted octanol–water partition coefficient (Wildman–Crippen LogP) is 3.12. The summed E-state index contributed by atoms with van der Waals surface area (Å²) in [5.41, 5.74) is 1.15. The Morgan fingerprint density at radius 2 is 1.86 bits per heavy atom. The second kappa shape index (κ2) is 8.45. The van der Waals surface area contributed by atoms with Crippen LogP contribution in [0.5, 0.6) is 5.75 Å². The highest BCUT2D eigenvalue weighted by Crippen LogP contribution is 2.34. The molecule has 0 radical (unpaired) electrons. The van der Waals surface area contributed by atoms with Crippen LogP contribution in [-0.2, 0) is 14.8 Å². The minimum absolute atomic E-state index is 0.284. The van der Waals surface area contributed by atoms with Gasteiger partial charge in [-0.2, -0.15) is 4.31 Å². The molecule has 2 aromatic rings. The van der Waals surface area contributed by atoms with Crippen LogP contribution in [0.1, 0.15) is 49.2 Å². The number of methoxy groups -OCH3 is 1. The van der Waals surface area contributed by atoms with Crippen LogP contribution in [0.2, 0.25) is 0 Å². The first-order chi connectivity index (χ1) is 14.0. The van der Waals surface area contributed by atoms with Gasteiger partial charge in [0, 0.05) is 56.2 Å². The maximum atomic E-state index is 13.1. The SMILES string of the molecule is COc1cccc(S(=O)(=O)N2CCC(n3c(C)cnc3C3CCOCC3)CC2)c1. The number of rotatable bonds is 5. The zero-order chi connectivity index (χ0) is 20.4. The van der Waals surface area contributed by atoms with Crippen molar-refractivity contribution in [3.63, 3.8) is 0 Å². The highest BCUT2D eigenvalue weighted by molar-refractivity contribution is 7.89. The Labute approximate surface area is 172 Å². The fourth-order valence-electron chi connectivity index (χ4n) is 4.45.